The van der Waals surface area contributed by atoms with Crippen LogP contribution in [0.15, 0.2) is 36.5 Å². The summed E-state index contributed by atoms with van der Waals surface area (Å²) >= 11 is 0. The van der Waals surface area contributed by atoms with Crippen LogP contribution in [0, 0.1) is 0 Å². The van der Waals surface area contributed by atoms with Crippen molar-refractivity contribution in [3.05, 3.63) is 36.5 Å². The highest BCUT2D eigenvalue weighted by atomic mass is 31.2. The lowest BCUT2D eigenvalue weighted by atomic mass is 10.1. The monoisotopic (exact) mass is 826 g/mol. The van der Waals surface area contributed by atoms with E-state index in [2.05, 4.69) is 50.3 Å². The molecule has 0 aromatic carbocycles. The summed E-state index contributed by atoms with van der Waals surface area (Å²) in [7, 11) is 1.35. The Hall–Kier alpha value is -1.28. The average molecular weight is 826 g/mol. The Kier molecular flexibility index (Phi) is 40.5. The van der Waals surface area contributed by atoms with E-state index in [0.29, 0.717) is 24.1 Å². The van der Waals surface area contributed by atoms with Crippen molar-refractivity contribution in [3.8, 4) is 0 Å². The second kappa shape index (κ2) is 41.5. The van der Waals surface area contributed by atoms with Gasteiger partial charge in [0.05, 0.1) is 34.4 Å². The SMILES string of the molecule is CCCCCC/C=C\CCCCCCCC(=O)OC(COCCCCCCCCCCCC/C=C\C/C=C\CCCCCCC)COP(=O)([O-])OCC[N+](C)(C)C. The molecule has 0 bridgehead atoms. The number of carbonyl (C=O) groups is 1. The highest BCUT2D eigenvalue weighted by Crippen LogP contribution is 2.38. The fraction of sp³-hybridized carbons (Fsp3) is 0.854. The lowest BCUT2D eigenvalue weighted by Crippen LogP contribution is -2.37. The number of phosphoric ester groups is 1. The third-order valence-corrected chi connectivity index (χ3v) is 11.1. The number of rotatable bonds is 44. The Morgan fingerprint density at radius 1 is 0.544 bits per heavy atom. The van der Waals surface area contributed by atoms with Crippen LogP contribution in [0.4, 0.5) is 0 Å². The van der Waals surface area contributed by atoms with E-state index < -0.39 is 13.9 Å². The Morgan fingerprint density at radius 2 is 0.965 bits per heavy atom. The lowest BCUT2D eigenvalue weighted by Gasteiger charge is -2.28. The number of phosphoric acid groups is 1. The first-order chi connectivity index (χ1) is 27.6. The normalized spacial score (nSPS) is 14.0. The van der Waals surface area contributed by atoms with E-state index in [9.17, 15) is 14.3 Å². The molecule has 2 atom stereocenters. The molecule has 0 amide bonds. The molecule has 0 radical (unpaired) electrons. The molecule has 0 saturated heterocycles. The number of nitrogens with zero attached hydrogens (tertiary/aromatic N) is 1. The van der Waals surface area contributed by atoms with Crippen LogP contribution in [0.2, 0.25) is 0 Å². The fourth-order valence-corrected chi connectivity index (χ4v) is 7.18. The van der Waals surface area contributed by atoms with E-state index in [1.165, 1.54) is 135 Å². The summed E-state index contributed by atoms with van der Waals surface area (Å²) in [6.07, 6.45) is 48.7. The minimum absolute atomic E-state index is 0.0240. The number of hydrogen-bond acceptors (Lipinski definition) is 7. The van der Waals surface area contributed by atoms with Gasteiger partial charge in [0.2, 0.25) is 0 Å². The van der Waals surface area contributed by atoms with Crippen LogP contribution in [0.5, 0.6) is 0 Å². The maximum Gasteiger partial charge on any atom is 0.306 e. The van der Waals surface area contributed by atoms with Gasteiger partial charge in [-0.2, -0.15) is 0 Å². The van der Waals surface area contributed by atoms with Crippen molar-refractivity contribution in [1.29, 1.82) is 0 Å². The zero-order chi connectivity index (χ0) is 42.0. The summed E-state index contributed by atoms with van der Waals surface area (Å²) in [6.45, 7) is 5.38. The van der Waals surface area contributed by atoms with Crippen molar-refractivity contribution in [2.75, 3.05) is 54.1 Å². The molecule has 2 unspecified atom stereocenters. The third kappa shape index (κ3) is 45.7. The number of esters is 1. The number of likely N-dealkylation sites (N-methyl/N-ethyl adjacent to an activating group) is 1. The Bertz CT molecular complexity index is 1010. The summed E-state index contributed by atoms with van der Waals surface area (Å²) in [4.78, 5) is 25.1. The van der Waals surface area contributed by atoms with Crippen LogP contribution < -0.4 is 4.89 Å². The molecule has 57 heavy (non-hydrogen) atoms. The molecule has 0 rings (SSSR count). The number of unbranched alkanes of at least 4 members (excludes halogenated alkanes) is 24. The largest absolute Gasteiger partial charge is 0.756 e. The van der Waals surface area contributed by atoms with Crippen LogP contribution in [0.25, 0.3) is 0 Å². The van der Waals surface area contributed by atoms with Crippen LogP contribution in [0.1, 0.15) is 206 Å². The van der Waals surface area contributed by atoms with Gasteiger partial charge >= 0.3 is 5.97 Å². The molecule has 0 aliphatic rings. The first-order valence-electron chi connectivity index (χ1n) is 23.7. The first-order valence-corrected chi connectivity index (χ1v) is 25.2. The molecule has 0 heterocycles. The highest BCUT2D eigenvalue weighted by Gasteiger charge is 2.20. The summed E-state index contributed by atoms with van der Waals surface area (Å²) in [5.41, 5.74) is 0. The zero-order valence-corrected chi connectivity index (χ0v) is 38.9. The predicted molar refractivity (Wildman–Crippen MR) is 240 cm³/mol. The van der Waals surface area contributed by atoms with Gasteiger partial charge in [0.25, 0.3) is 7.82 Å². The van der Waals surface area contributed by atoms with Crippen LogP contribution >= 0.6 is 7.82 Å². The Morgan fingerprint density at radius 3 is 1.46 bits per heavy atom. The molecule has 0 saturated carbocycles. The van der Waals surface area contributed by atoms with E-state index in [4.69, 9.17) is 18.5 Å². The van der Waals surface area contributed by atoms with Crippen molar-refractivity contribution in [1.82, 2.24) is 0 Å². The van der Waals surface area contributed by atoms with Gasteiger partial charge in [0.1, 0.15) is 19.3 Å². The summed E-state index contributed by atoms with van der Waals surface area (Å²) < 4.78 is 34.6. The maximum atomic E-state index is 12.7. The number of quaternary nitrogens is 1. The van der Waals surface area contributed by atoms with E-state index in [-0.39, 0.29) is 25.8 Å². The highest BCUT2D eigenvalue weighted by molar-refractivity contribution is 7.45. The molecule has 8 nitrogen and oxygen atoms in total. The van der Waals surface area contributed by atoms with Gasteiger partial charge in [-0.15, -0.1) is 0 Å². The van der Waals surface area contributed by atoms with E-state index >= 15 is 0 Å². The molecular weight excluding hydrogens is 734 g/mol. The molecule has 0 N–H and O–H groups in total. The van der Waals surface area contributed by atoms with E-state index in [1.54, 1.807) is 0 Å². The number of carbonyl (C=O) groups excluding carboxylic acids is 1. The first kappa shape index (κ1) is 55.7. The average Bonchev–Trinajstić information content (AvgIpc) is 3.16. The van der Waals surface area contributed by atoms with Crippen LogP contribution in [-0.2, 0) is 27.9 Å². The second-order valence-electron chi connectivity index (χ2n) is 17.1. The molecule has 336 valence electrons. The molecule has 0 spiro atoms. The van der Waals surface area contributed by atoms with Gasteiger partial charge in [-0.05, 0) is 70.6 Å². The van der Waals surface area contributed by atoms with E-state index in [0.717, 1.165) is 51.4 Å². The topological polar surface area (TPSA) is 94.1 Å². The van der Waals surface area contributed by atoms with Gasteiger partial charge in [-0.25, -0.2) is 0 Å². The summed E-state index contributed by atoms with van der Waals surface area (Å²) in [5.74, 6) is -0.344. The minimum Gasteiger partial charge on any atom is -0.756 e. The molecule has 0 aromatic rings. The Balaban J connectivity index is 4.15. The Labute approximate surface area is 353 Å². The molecule has 0 aliphatic carbocycles. The smallest absolute Gasteiger partial charge is 0.306 e. The van der Waals surface area contributed by atoms with Crippen molar-refractivity contribution in [2.24, 2.45) is 0 Å². The van der Waals surface area contributed by atoms with Gasteiger partial charge in [0, 0.05) is 13.0 Å². The van der Waals surface area contributed by atoms with Crippen LogP contribution in [-0.4, -0.2) is 70.7 Å². The molecule has 0 fully saturated rings. The zero-order valence-electron chi connectivity index (χ0n) is 38.0. The number of hydrogen-bond donors (Lipinski definition) is 0. The predicted octanol–water partition coefficient (Wildman–Crippen LogP) is 13.5. The number of ether oxygens (including phenoxy) is 2. The molecule has 9 heteroatoms. The van der Waals surface area contributed by atoms with Gasteiger partial charge < -0.3 is 27.9 Å². The van der Waals surface area contributed by atoms with Gasteiger partial charge in [-0.1, -0.05) is 166 Å². The summed E-state index contributed by atoms with van der Waals surface area (Å²) in [5, 5.41) is 0. The van der Waals surface area contributed by atoms with Crippen molar-refractivity contribution >= 4 is 13.8 Å². The van der Waals surface area contributed by atoms with Crippen molar-refractivity contribution in [2.45, 2.75) is 213 Å². The standard InChI is InChI=1S/C48H92NO7P/c1-6-8-10-12-14-16-18-20-21-22-23-24-25-26-27-28-30-32-34-36-38-40-43-53-45-47(46-55-57(51,52)54-44-42-49(3,4)5)56-48(50)41-39-37-35-33-31-29-19-17-15-13-11-9-7-2/h17-20,22-23,47H,6-16,21,24-46H2,1-5H3/b19-17-,20-18-,23-22-. The van der Waals surface area contributed by atoms with E-state index in [1.807, 2.05) is 21.1 Å². The third-order valence-electron chi connectivity index (χ3n) is 10.2. The minimum atomic E-state index is -4.53. The van der Waals surface area contributed by atoms with Crippen molar-refractivity contribution < 1.29 is 37.3 Å². The van der Waals surface area contributed by atoms with Crippen molar-refractivity contribution in [3.63, 3.8) is 0 Å². The fourth-order valence-electron chi connectivity index (χ4n) is 6.45. The lowest BCUT2D eigenvalue weighted by molar-refractivity contribution is -0.870. The molecular formula is C48H92NO7P. The summed E-state index contributed by atoms with van der Waals surface area (Å²) in [6, 6.07) is 0. The van der Waals surface area contributed by atoms with Gasteiger partial charge in [0.15, 0.2) is 0 Å². The van der Waals surface area contributed by atoms with Crippen LogP contribution in [0.3, 0.4) is 0 Å². The quantitative estimate of drug-likeness (QED) is 0.0198. The second-order valence-corrected chi connectivity index (χ2v) is 18.5. The maximum absolute atomic E-state index is 12.7. The molecule has 0 aromatic heterocycles. The molecule has 0 aliphatic heterocycles. The number of allylic oxidation sites excluding steroid dienone is 6. The van der Waals surface area contributed by atoms with Gasteiger partial charge in [-0.3, -0.25) is 9.36 Å².